The zero-order valence-electron chi connectivity index (χ0n) is 17.4. The summed E-state index contributed by atoms with van der Waals surface area (Å²) in [4.78, 5) is 27.2. The number of fused-ring (bicyclic) bond motifs is 1. The third-order valence-corrected chi connectivity index (χ3v) is 5.35. The van der Waals surface area contributed by atoms with Gasteiger partial charge in [0, 0.05) is 29.2 Å². The molecule has 1 aliphatic rings. The molecule has 0 unspecified atom stereocenters. The first kappa shape index (κ1) is 20.5. The molecule has 0 bridgehead atoms. The van der Waals surface area contributed by atoms with Crippen LogP contribution in [0.25, 0.3) is 0 Å². The smallest absolute Gasteiger partial charge is 0.326 e. The average Bonchev–Trinajstić information content (AvgIpc) is 3.03. The van der Waals surface area contributed by atoms with Crippen molar-refractivity contribution in [3.05, 3.63) is 83.9 Å². The molecular formula is C25H25N3O3. The van der Waals surface area contributed by atoms with E-state index in [0.29, 0.717) is 23.5 Å². The van der Waals surface area contributed by atoms with E-state index in [2.05, 4.69) is 16.7 Å². The van der Waals surface area contributed by atoms with E-state index in [1.165, 1.54) is 5.56 Å². The van der Waals surface area contributed by atoms with Gasteiger partial charge in [0.15, 0.2) is 0 Å². The Morgan fingerprint density at radius 1 is 0.839 bits per heavy atom. The molecule has 0 atom stereocenters. The molecule has 3 amide bonds. The van der Waals surface area contributed by atoms with Gasteiger partial charge in [0.1, 0.15) is 5.75 Å². The van der Waals surface area contributed by atoms with Gasteiger partial charge in [-0.25, -0.2) is 4.79 Å². The number of ether oxygens (including phenoxy) is 1. The van der Waals surface area contributed by atoms with Gasteiger partial charge in [-0.3, -0.25) is 9.69 Å². The van der Waals surface area contributed by atoms with Gasteiger partial charge in [-0.1, -0.05) is 18.2 Å². The van der Waals surface area contributed by atoms with E-state index in [-0.39, 0.29) is 11.9 Å². The van der Waals surface area contributed by atoms with Gasteiger partial charge < -0.3 is 15.4 Å². The van der Waals surface area contributed by atoms with Crippen molar-refractivity contribution >= 4 is 29.0 Å². The van der Waals surface area contributed by atoms with E-state index < -0.39 is 0 Å². The van der Waals surface area contributed by atoms with Crippen LogP contribution in [0.15, 0.2) is 72.8 Å². The first-order valence-corrected chi connectivity index (χ1v) is 10.4. The molecule has 31 heavy (non-hydrogen) atoms. The maximum Gasteiger partial charge on any atom is 0.326 e. The minimum absolute atomic E-state index is 0.162. The number of para-hydroxylation sites is 1. The van der Waals surface area contributed by atoms with Gasteiger partial charge >= 0.3 is 6.03 Å². The molecule has 1 aliphatic heterocycles. The van der Waals surface area contributed by atoms with Crippen LogP contribution in [0.3, 0.4) is 0 Å². The normalized spacial score (nSPS) is 13.0. The second-order valence-corrected chi connectivity index (χ2v) is 7.43. The molecule has 0 fully saturated rings. The average molecular weight is 415 g/mol. The molecule has 2 N–H and O–H groups in total. The van der Waals surface area contributed by atoms with Crippen molar-refractivity contribution in [1.82, 2.24) is 0 Å². The number of carbonyl (C=O) groups is 2. The summed E-state index contributed by atoms with van der Waals surface area (Å²) in [5.74, 6) is 0.509. The number of carbonyl (C=O) groups excluding carboxylic acids is 2. The Labute approximate surface area is 181 Å². The molecule has 0 saturated heterocycles. The number of nitrogens with zero attached hydrogens (tertiary/aromatic N) is 1. The van der Waals surface area contributed by atoms with E-state index >= 15 is 0 Å². The zero-order chi connectivity index (χ0) is 21.6. The van der Waals surface area contributed by atoms with Crippen LogP contribution in [0.1, 0.15) is 28.8 Å². The fraction of sp³-hybridized carbons (Fsp3) is 0.200. The molecule has 0 saturated carbocycles. The second-order valence-electron chi connectivity index (χ2n) is 7.43. The highest BCUT2D eigenvalue weighted by molar-refractivity contribution is 6.05. The molecular weight excluding hydrogens is 390 g/mol. The topological polar surface area (TPSA) is 70.7 Å². The second kappa shape index (κ2) is 9.34. The van der Waals surface area contributed by atoms with E-state index in [1.807, 2.05) is 18.2 Å². The predicted octanol–water partition coefficient (Wildman–Crippen LogP) is 5.32. The van der Waals surface area contributed by atoms with Crippen LogP contribution in [0.5, 0.6) is 5.75 Å². The van der Waals surface area contributed by atoms with Gasteiger partial charge in [0.25, 0.3) is 5.91 Å². The number of amides is 3. The summed E-state index contributed by atoms with van der Waals surface area (Å²) in [6.07, 6.45) is 3.02. The Bertz CT molecular complexity index is 1060. The fourth-order valence-electron chi connectivity index (χ4n) is 3.68. The van der Waals surface area contributed by atoms with Crippen LogP contribution >= 0.6 is 0 Å². The lowest BCUT2D eigenvalue weighted by molar-refractivity contribution is 0.102. The molecule has 3 aromatic carbocycles. The highest BCUT2D eigenvalue weighted by Crippen LogP contribution is 2.27. The molecule has 158 valence electrons. The zero-order valence-corrected chi connectivity index (χ0v) is 17.4. The Hall–Kier alpha value is -3.80. The number of benzene rings is 3. The van der Waals surface area contributed by atoms with Gasteiger partial charge in [-0.05, 0) is 79.4 Å². The number of hydrogen-bond donors (Lipinski definition) is 2. The Balaban J connectivity index is 1.41. The van der Waals surface area contributed by atoms with Gasteiger partial charge in [-0.15, -0.1) is 0 Å². The number of urea groups is 1. The van der Waals surface area contributed by atoms with Crippen LogP contribution in [0.2, 0.25) is 0 Å². The van der Waals surface area contributed by atoms with Crippen LogP contribution in [-0.4, -0.2) is 25.6 Å². The minimum Gasteiger partial charge on any atom is -0.497 e. The molecule has 0 radical (unpaired) electrons. The molecule has 0 aliphatic carbocycles. The number of anilines is 3. The third kappa shape index (κ3) is 4.86. The SMILES string of the molecule is COc1ccc(NC(=O)c2ccc(NC(=O)N3CCCCc4ccccc43)cc2)cc1. The quantitative estimate of drug-likeness (QED) is 0.606. The van der Waals surface area contributed by atoms with Crippen LogP contribution in [0.4, 0.5) is 21.9 Å². The predicted molar refractivity (Wildman–Crippen MR) is 123 cm³/mol. The summed E-state index contributed by atoms with van der Waals surface area (Å²) in [5, 5.41) is 5.80. The largest absolute Gasteiger partial charge is 0.497 e. The first-order chi connectivity index (χ1) is 15.1. The van der Waals surface area contributed by atoms with Crippen molar-refractivity contribution in [2.45, 2.75) is 19.3 Å². The summed E-state index contributed by atoms with van der Waals surface area (Å²) in [6.45, 7) is 0.686. The summed E-state index contributed by atoms with van der Waals surface area (Å²) >= 11 is 0. The lowest BCUT2D eigenvalue weighted by Gasteiger charge is -2.23. The lowest BCUT2D eigenvalue weighted by atomic mass is 10.1. The molecule has 4 rings (SSSR count). The van der Waals surface area contributed by atoms with E-state index in [1.54, 1.807) is 60.5 Å². The summed E-state index contributed by atoms with van der Waals surface area (Å²) in [6, 6.07) is 21.9. The highest BCUT2D eigenvalue weighted by atomic mass is 16.5. The van der Waals surface area contributed by atoms with Crippen LogP contribution < -0.4 is 20.3 Å². The van der Waals surface area contributed by atoms with Crippen LogP contribution in [0, 0.1) is 0 Å². The standard InChI is InChI=1S/C25H25N3O3/c1-31-22-15-13-20(14-16-22)26-24(29)19-9-11-21(12-10-19)27-25(30)28-17-5-4-7-18-6-2-3-8-23(18)28/h2-3,6,8-16H,4-5,7,17H2,1H3,(H,26,29)(H,27,30). The number of aryl methyl sites for hydroxylation is 1. The highest BCUT2D eigenvalue weighted by Gasteiger charge is 2.21. The molecule has 6 heteroatoms. The molecule has 3 aromatic rings. The molecule has 1 heterocycles. The van der Waals surface area contributed by atoms with Crippen LogP contribution in [-0.2, 0) is 6.42 Å². The van der Waals surface area contributed by atoms with Crippen molar-refractivity contribution in [2.24, 2.45) is 0 Å². The Morgan fingerprint density at radius 3 is 2.26 bits per heavy atom. The first-order valence-electron chi connectivity index (χ1n) is 10.4. The van der Waals surface area contributed by atoms with Crippen molar-refractivity contribution in [2.75, 3.05) is 29.2 Å². The van der Waals surface area contributed by atoms with Gasteiger partial charge in [0.05, 0.1) is 7.11 Å². The lowest BCUT2D eigenvalue weighted by Crippen LogP contribution is -2.35. The van der Waals surface area contributed by atoms with Crippen molar-refractivity contribution < 1.29 is 14.3 Å². The van der Waals surface area contributed by atoms with Crippen molar-refractivity contribution in [1.29, 1.82) is 0 Å². The van der Waals surface area contributed by atoms with Crippen molar-refractivity contribution in [3.8, 4) is 5.75 Å². The molecule has 0 aromatic heterocycles. The fourth-order valence-corrected chi connectivity index (χ4v) is 3.68. The Morgan fingerprint density at radius 2 is 1.52 bits per heavy atom. The minimum atomic E-state index is -0.218. The number of nitrogens with one attached hydrogen (secondary N) is 2. The van der Waals surface area contributed by atoms with Gasteiger partial charge in [-0.2, -0.15) is 0 Å². The summed E-state index contributed by atoms with van der Waals surface area (Å²) in [5.41, 5.74) is 4.00. The molecule has 0 spiro atoms. The Kier molecular flexibility index (Phi) is 6.17. The number of methoxy groups -OCH3 is 1. The summed E-state index contributed by atoms with van der Waals surface area (Å²) < 4.78 is 5.12. The maximum absolute atomic E-state index is 12.9. The number of hydrogen-bond acceptors (Lipinski definition) is 3. The van der Waals surface area contributed by atoms with E-state index in [9.17, 15) is 9.59 Å². The van der Waals surface area contributed by atoms with E-state index in [0.717, 1.165) is 30.7 Å². The van der Waals surface area contributed by atoms with Crippen molar-refractivity contribution in [3.63, 3.8) is 0 Å². The third-order valence-electron chi connectivity index (χ3n) is 5.35. The van der Waals surface area contributed by atoms with Gasteiger partial charge in [0.2, 0.25) is 0 Å². The number of rotatable bonds is 4. The molecule has 6 nitrogen and oxygen atoms in total. The monoisotopic (exact) mass is 415 g/mol. The maximum atomic E-state index is 12.9. The summed E-state index contributed by atoms with van der Waals surface area (Å²) in [7, 11) is 1.60. The van der Waals surface area contributed by atoms with E-state index in [4.69, 9.17) is 4.74 Å².